The molecule has 6 heteroatoms. The first kappa shape index (κ1) is 17.5. The summed E-state index contributed by atoms with van der Waals surface area (Å²) in [6.45, 7) is 6.14. The molecule has 3 rings (SSSR count). The standard InChI is InChI=1S/C19H26N4O2/c1-13(2)18(20)19(25)23-9-7-22(8-10-23)17(24)11-14-12-21-16-6-4-3-5-15(14)16/h3-6,12-13,18,21H,7-11,20H2,1-2H3/t18-/m0/s1. The number of carbonyl (C=O) groups is 2. The van der Waals surface area contributed by atoms with Gasteiger partial charge >= 0.3 is 0 Å². The number of amides is 2. The van der Waals surface area contributed by atoms with Gasteiger partial charge in [-0.2, -0.15) is 0 Å². The van der Waals surface area contributed by atoms with Gasteiger partial charge < -0.3 is 20.5 Å². The van der Waals surface area contributed by atoms with Gasteiger partial charge in [-0.1, -0.05) is 32.0 Å². The lowest BCUT2D eigenvalue weighted by molar-refractivity contribution is -0.140. The highest BCUT2D eigenvalue weighted by Crippen LogP contribution is 2.19. The van der Waals surface area contributed by atoms with Crippen molar-refractivity contribution in [2.45, 2.75) is 26.3 Å². The summed E-state index contributed by atoms with van der Waals surface area (Å²) in [5.74, 6) is 0.206. The Kier molecular flexibility index (Phi) is 5.08. The molecule has 1 aliphatic heterocycles. The maximum Gasteiger partial charge on any atom is 0.239 e. The number of nitrogens with zero attached hydrogens (tertiary/aromatic N) is 2. The molecule has 2 aromatic rings. The first-order valence-electron chi connectivity index (χ1n) is 8.84. The number of aromatic nitrogens is 1. The number of benzene rings is 1. The van der Waals surface area contributed by atoms with Crippen molar-refractivity contribution < 1.29 is 9.59 Å². The van der Waals surface area contributed by atoms with Gasteiger partial charge in [-0.3, -0.25) is 9.59 Å². The fraction of sp³-hybridized carbons (Fsp3) is 0.474. The van der Waals surface area contributed by atoms with Gasteiger partial charge in [0.1, 0.15) is 0 Å². The van der Waals surface area contributed by atoms with E-state index in [0.717, 1.165) is 16.5 Å². The number of aromatic amines is 1. The predicted octanol–water partition coefficient (Wildman–Crippen LogP) is 1.36. The van der Waals surface area contributed by atoms with Crippen molar-refractivity contribution >= 4 is 22.7 Å². The molecule has 1 aliphatic rings. The van der Waals surface area contributed by atoms with Crippen molar-refractivity contribution in [2.75, 3.05) is 26.2 Å². The normalized spacial score (nSPS) is 16.5. The summed E-state index contributed by atoms with van der Waals surface area (Å²) < 4.78 is 0. The van der Waals surface area contributed by atoms with E-state index in [4.69, 9.17) is 5.73 Å². The Balaban J connectivity index is 1.58. The second kappa shape index (κ2) is 7.27. The van der Waals surface area contributed by atoms with Gasteiger partial charge in [-0.05, 0) is 17.5 Å². The fourth-order valence-corrected chi connectivity index (χ4v) is 3.22. The zero-order chi connectivity index (χ0) is 18.0. The second-order valence-corrected chi connectivity index (χ2v) is 7.01. The van der Waals surface area contributed by atoms with Gasteiger partial charge in [-0.25, -0.2) is 0 Å². The Morgan fingerprint density at radius 3 is 2.44 bits per heavy atom. The van der Waals surface area contributed by atoms with Gasteiger partial charge in [0.25, 0.3) is 0 Å². The minimum Gasteiger partial charge on any atom is -0.361 e. The van der Waals surface area contributed by atoms with Crippen LogP contribution in [0.25, 0.3) is 10.9 Å². The molecule has 0 spiro atoms. The Hall–Kier alpha value is -2.34. The molecule has 134 valence electrons. The van der Waals surface area contributed by atoms with Crippen molar-refractivity contribution in [1.29, 1.82) is 0 Å². The van der Waals surface area contributed by atoms with Crippen molar-refractivity contribution in [3.63, 3.8) is 0 Å². The average molecular weight is 342 g/mol. The number of para-hydroxylation sites is 1. The van der Waals surface area contributed by atoms with Gasteiger partial charge in [0.2, 0.25) is 11.8 Å². The summed E-state index contributed by atoms with van der Waals surface area (Å²) in [6.07, 6.45) is 2.29. The minimum absolute atomic E-state index is 0.0151. The molecule has 3 N–H and O–H groups in total. The summed E-state index contributed by atoms with van der Waals surface area (Å²) >= 11 is 0. The third-order valence-corrected chi connectivity index (χ3v) is 4.96. The Bertz CT molecular complexity index is 760. The van der Waals surface area contributed by atoms with Crippen LogP contribution in [-0.2, 0) is 16.0 Å². The highest BCUT2D eigenvalue weighted by atomic mass is 16.2. The van der Waals surface area contributed by atoms with Crippen LogP contribution in [0.15, 0.2) is 30.5 Å². The van der Waals surface area contributed by atoms with Crippen molar-refractivity contribution in [3.8, 4) is 0 Å². The number of H-pyrrole nitrogens is 1. The number of hydrogen-bond donors (Lipinski definition) is 2. The Morgan fingerprint density at radius 1 is 1.12 bits per heavy atom. The van der Waals surface area contributed by atoms with E-state index in [1.807, 2.05) is 49.2 Å². The molecular formula is C19H26N4O2. The summed E-state index contributed by atoms with van der Waals surface area (Å²) in [6, 6.07) is 7.52. The first-order valence-corrected chi connectivity index (χ1v) is 8.84. The molecule has 1 atom stereocenters. The lowest BCUT2D eigenvalue weighted by atomic mass is 10.0. The lowest BCUT2D eigenvalue weighted by Gasteiger charge is -2.36. The fourth-order valence-electron chi connectivity index (χ4n) is 3.22. The molecule has 0 saturated carbocycles. The summed E-state index contributed by atoms with van der Waals surface area (Å²) in [5.41, 5.74) is 8.01. The molecular weight excluding hydrogens is 316 g/mol. The third-order valence-electron chi connectivity index (χ3n) is 4.96. The summed E-state index contributed by atoms with van der Waals surface area (Å²) in [4.78, 5) is 31.7. The lowest BCUT2D eigenvalue weighted by Crippen LogP contribution is -2.55. The Labute approximate surface area is 148 Å². The van der Waals surface area contributed by atoms with E-state index in [1.165, 1.54) is 0 Å². The van der Waals surface area contributed by atoms with Gasteiger partial charge in [-0.15, -0.1) is 0 Å². The van der Waals surface area contributed by atoms with Crippen LogP contribution >= 0.6 is 0 Å². The number of fused-ring (bicyclic) bond motifs is 1. The van der Waals surface area contributed by atoms with E-state index < -0.39 is 6.04 Å². The number of rotatable bonds is 4. The monoisotopic (exact) mass is 342 g/mol. The van der Waals surface area contributed by atoms with Crippen molar-refractivity contribution in [1.82, 2.24) is 14.8 Å². The van der Waals surface area contributed by atoms with Crippen molar-refractivity contribution in [2.24, 2.45) is 11.7 Å². The quantitative estimate of drug-likeness (QED) is 0.880. The highest BCUT2D eigenvalue weighted by Gasteiger charge is 2.28. The molecule has 0 radical (unpaired) electrons. The third kappa shape index (κ3) is 3.69. The van der Waals surface area contributed by atoms with Gasteiger partial charge in [0, 0.05) is 43.3 Å². The van der Waals surface area contributed by atoms with Crippen LogP contribution in [-0.4, -0.2) is 58.8 Å². The number of nitrogens with one attached hydrogen (secondary N) is 1. The van der Waals surface area contributed by atoms with Crippen LogP contribution in [0, 0.1) is 5.92 Å². The number of nitrogens with two attached hydrogens (primary N) is 1. The SMILES string of the molecule is CC(C)[C@H](N)C(=O)N1CCN(C(=O)Cc2c[nH]c3ccccc23)CC1. The second-order valence-electron chi connectivity index (χ2n) is 7.01. The topological polar surface area (TPSA) is 82.4 Å². The molecule has 0 aliphatic carbocycles. The zero-order valence-corrected chi connectivity index (χ0v) is 14.9. The van der Waals surface area contributed by atoms with E-state index in [-0.39, 0.29) is 17.7 Å². The molecule has 0 unspecified atom stereocenters. The Morgan fingerprint density at radius 2 is 1.76 bits per heavy atom. The molecule has 2 amide bonds. The molecule has 1 aromatic carbocycles. The number of carbonyl (C=O) groups excluding carboxylic acids is 2. The van der Waals surface area contributed by atoms with Crippen molar-refractivity contribution in [3.05, 3.63) is 36.0 Å². The van der Waals surface area contributed by atoms with Gasteiger partial charge in [0.15, 0.2) is 0 Å². The smallest absolute Gasteiger partial charge is 0.239 e. The van der Waals surface area contributed by atoms with E-state index in [0.29, 0.717) is 32.6 Å². The summed E-state index contributed by atoms with van der Waals surface area (Å²) in [7, 11) is 0. The van der Waals surface area contributed by atoms with Crippen LogP contribution in [0.3, 0.4) is 0 Å². The molecule has 6 nitrogen and oxygen atoms in total. The molecule has 1 saturated heterocycles. The molecule has 25 heavy (non-hydrogen) atoms. The predicted molar refractivity (Wildman–Crippen MR) is 98.0 cm³/mol. The highest BCUT2D eigenvalue weighted by molar-refractivity contribution is 5.89. The molecule has 1 aromatic heterocycles. The van der Waals surface area contributed by atoms with Crippen LogP contribution in [0.1, 0.15) is 19.4 Å². The zero-order valence-electron chi connectivity index (χ0n) is 14.9. The molecule has 2 heterocycles. The number of piperazine rings is 1. The molecule has 1 fully saturated rings. The average Bonchev–Trinajstić information content (AvgIpc) is 3.03. The van der Waals surface area contributed by atoms with Crippen LogP contribution in [0.5, 0.6) is 0 Å². The maximum absolute atomic E-state index is 12.6. The maximum atomic E-state index is 12.6. The van der Waals surface area contributed by atoms with E-state index in [1.54, 1.807) is 4.90 Å². The first-order chi connectivity index (χ1) is 12.0. The van der Waals surface area contributed by atoms with Crippen LogP contribution < -0.4 is 5.73 Å². The van der Waals surface area contributed by atoms with Crippen LogP contribution in [0.2, 0.25) is 0 Å². The van der Waals surface area contributed by atoms with E-state index >= 15 is 0 Å². The largest absolute Gasteiger partial charge is 0.361 e. The molecule has 0 bridgehead atoms. The van der Waals surface area contributed by atoms with E-state index in [9.17, 15) is 9.59 Å². The van der Waals surface area contributed by atoms with Gasteiger partial charge in [0.05, 0.1) is 12.5 Å². The number of hydrogen-bond acceptors (Lipinski definition) is 3. The van der Waals surface area contributed by atoms with E-state index in [2.05, 4.69) is 4.98 Å². The van der Waals surface area contributed by atoms with Crippen LogP contribution in [0.4, 0.5) is 0 Å². The minimum atomic E-state index is -0.464. The summed E-state index contributed by atoms with van der Waals surface area (Å²) in [5, 5.41) is 1.09.